The fourth-order valence-corrected chi connectivity index (χ4v) is 2.90. The van der Waals surface area contributed by atoms with Crippen molar-refractivity contribution < 1.29 is 19.6 Å². The van der Waals surface area contributed by atoms with Gasteiger partial charge in [0.25, 0.3) is 5.69 Å². The van der Waals surface area contributed by atoms with Gasteiger partial charge in [-0.1, -0.05) is 0 Å². The molecule has 0 bridgehead atoms. The van der Waals surface area contributed by atoms with Crippen molar-refractivity contribution in [2.24, 2.45) is 0 Å². The molecule has 1 atom stereocenters. The lowest BCUT2D eigenvalue weighted by Crippen LogP contribution is -2.08. The fraction of sp³-hybridized carbons (Fsp3) is 0.417. The molecule has 1 aromatic rings. The third-order valence-electron chi connectivity index (χ3n) is 2.86. The van der Waals surface area contributed by atoms with E-state index in [1.54, 1.807) is 6.07 Å². The van der Waals surface area contributed by atoms with Gasteiger partial charge < -0.3 is 9.84 Å². The van der Waals surface area contributed by atoms with Gasteiger partial charge in [0.2, 0.25) is 0 Å². The first-order valence-electron chi connectivity index (χ1n) is 5.84. The minimum atomic E-state index is -1.29. The van der Waals surface area contributed by atoms with Crippen molar-refractivity contribution in [2.75, 3.05) is 12.4 Å². The monoisotopic (exact) mass is 283 g/mol. The molecule has 1 heterocycles. The van der Waals surface area contributed by atoms with Crippen LogP contribution in [0.1, 0.15) is 23.2 Å². The van der Waals surface area contributed by atoms with E-state index < -0.39 is 10.9 Å². The molecule has 0 radical (unpaired) electrons. The highest BCUT2D eigenvalue weighted by Gasteiger charge is 2.21. The number of hydrogen-bond acceptors (Lipinski definition) is 5. The molecule has 0 aromatic heterocycles. The van der Waals surface area contributed by atoms with E-state index in [0.717, 1.165) is 25.2 Å². The summed E-state index contributed by atoms with van der Waals surface area (Å²) in [5.41, 5.74) is -0.656. The lowest BCUT2D eigenvalue weighted by molar-refractivity contribution is -0.385. The van der Waals surface area contributed by atoms with Crippen LogP contribution in [-0.2, 0) is 4.74 Å². The van der Waals surface area contributed by atoms with Gasteiger partial charge in [-0.25, -0.2) is 4.79 Å². The zero-order chi connectivity index (χ0) is 13.8. The number of benzene rings is 1. The van der Waals surface area contributed by atoms with Crippen LogP contribution in [0.2, 0.25) is 0 Å². The number of carbonyl (C=O) groups is 1. The maximum Gasteiger partial charge on any atom is 0.342 e. The van der Waals surface area contributed by atoms with Gasteiger partial charge in [-0.3, -0.25) is 10.1 Å². The van der Waals surface area contributed by atoms with Crippen molar-refractivity contribution >= 4 is 23.4 Å². The van der Waals surface area contributed by atoms with Crippen molar-refractivity contribution in [3.8, 4) is 0 Å². The first kappa shape index (κ1) is 13.8. The van der Waals surface area contributed by atoms with E-state index in [1.165, 1.54) is 23.9 Å². The topological polar surface area (TPSA) is 89.7 Å². The van der Waals surface area contributed by atoms with Gasteiger partial charge in [0, 0.05) is 23.3 Å². The average molecular weight is 283 g/mol. The number of rotatable bonds is 5. The predicted molar refractivity (Wildman–Crippen MR) is 69.8 cm³/mol. The van der Waals surface area contributed by atoms with Crippen LogP contribution in [0.4, 0.5) is 5.69 Å². The number of aromatic carboxylic acids is 1. The van der Waals surface area contributed by atoms with Crippen molar-refractivity contribution in [1.29, 1.82) is 0 Å². The van der Waals surface area contributed by atoms with E-state index in [9.17, 15) is 14.9 Å². The summed E-state index contributed by atoms with van der Waals surface area (Å²) >= 11 is 1.45. The number of nitro groups is 1. The molecule has 1 fully saturated rings. The Morgan fingerprint density at radius 3 is 2.95 bits per heavy atom. The van der Waals surface area contributed by atoms with E-state index in [-0.39, 0.29) is 17.4 Å². The third-order valence-corrected chi connectivity index (χ3v) is 3.98. The molecule has 1 aromatic carbocycles. The van der Waals surface area contributed by atoms with Crippen LogP contribution >= 0.6 is 11.8 Å². The maximum absolute atomic E-state index is 10.9. The Balaban J connectivity index is 2.11. The van der Waals surface area contributed by atoms with Crippen molar-refractivity contribution in [1.82, 2.24) is 0 Å². The van der Waals surface area contributed by atoms with Crippen LogP contribution < -0.4 is 0 Å². The van der Waals surface area contributed by atoms with E-state index >= 15 is 0 Å². The molecule has 1 aliphatic rings. The third kappa shape index (κ3) is 3.45. The summed E-state index contributed by atoms with van der Waals surface area (Å²) in [5, 5.41) is 19.7. The van der Waals surface area contributed by atoms with Crippen LogP contribution in [-0.4, -0.2) is 34.5 Å². The SMILES string of the molecule is O=C(O)c1ccc(SCC2CCCO2)cc1[N+](=O)[O-]. The summed E-state index contributed by atoms with van der Waals surface area (Å²) in [5.74, 6) is -0.564. The number of nitro benzene ring substituents is 1. The molecule has 0 aliphatic carbocycles. The van der Waals surface area contributed by atoms with E-state index in [0.29, 0.717) is 4.90 Å². The summed E-state index contributed by atoms with van der Waals surface area (Å²) < 4.78 is 5.47. The van der Waals surface area contributed by atoms with Crippen molar-refractivity contribution in [3.63, 3.8) is 0 Å². The van der Waals surface area contributed by atoms with Crippen molar-refractivity contribution in [3.05, 3.63) is 33.9 Å². The largest absolute Gasteiger partial charge is 0.477 e. The fourth-order valence-electron chi connectivity index (χ4n) is 1.90. The molecule has 2 rings (SSSR count). The second-order valence-corrected chi connectivity index (χ2v) is 5.28. The van der Waals surface area contributed by atoms with Gasteiger partial charge in [0.05, 0.1) is 11.0 Å². The number of ether oxygens (including phenoxy) is 1. The minimum absolute atomic E-state index is 0.184. The molecule has 19 heavy (non-hydrogen) atoms. The highest BCUT2D eigenvalue weighted by atomic mass is 32.2. The average Bonchev–Trinajstić information content (AvgIpc) is 2.88. The number of carboxylic acid groups (broad SMARTS) is 1. The molecule has 1 unspecified atom stereocenters. The lowest BCUT2D eigenvalue weighted by atomic mass is 10.2. The summed E-state index contributed by atoms with van der Waals surface area (Å²) in [6, 6.07) is 4.18. The standard InChI is InChI=1S/C12H13NO5S/c14-12(15)10-4-3-9(6-11(10)13(16)17)19-7-8-2-1-5-18-8/h3-4,6,8H,1-2,5,7H2,(H,14,15). The molecule has 7 heteroatoms. The maximum atomic E-state index is 10.9. The van der Waals surface area contributed by atoms with Crippen LogP contribution in [0.15, 0.2) is 23.1 Å². The molecule has 1 N–H and O–H groups in total. The molecular weight excluding hydrogens is 270 g/mol. The first-order chi connectivity index (χ1) is 9.08. The highest BCUT2D eigenvalue weighted by Crippen LogP contribution is 2.29. The Morgan fingerprint density at radius 1 is 1.58 bits per heavy atom. The van der Waals surface area contributed by atoms with E-state index in [4.69, 9.17) is 9.84 Å². The second-order valence-electron chi connectivity index (χ2n) is 4.19. The Labute approximate surface area is 113 Å². The predicted octanol–water partition coefficient (Wildman–Crippen LogP) is 2.56. The Kier molecular flexibility index (Phi) is 4.39. The first-order valence-corrected chi connectivity index (χ1v) is 6.82. The normalized spacial score (nSPS) is 18.4. The van der Waals surface area contributed by atoms with E-state index in [2.05, 4.69) is 0 Å². The molecule has 0 saturated carbocycles. The minimum Gasteiger partial charge on any atom is -0.477 e. The van der Waals surface area contributed by atoms with Gasteiger partial charge in [-0.15, -0.1) is 11.8 Å². The number of carboxylic acids is 1. The number of hydrogen-bond donors (Lipinski definition) is 1. The zero-order valence-corrected chi connectivity index (χ0v) is 10.9. The van der Waals surface area contributed by atoms with Gasteiger partial charge in [-0.05, 0) is 25.0 Å². The van der Waals surface area contributed by atoms with Gasteiger partial charge in [0.15, 0.2) is 0 Å². The lowest BCUT2D eigenvalue weighted by Gasteiger charge is -2.08. The van der Waals surface area contributed by atoms with Gasteiger partial charge >= 0.3 is 5.97 Å². The zero-order valence-electron chi connectivity index (χ0n) is 10.1. The summed E-state index contributed by atoms with van der Waals surface area (Å²) in [7, 11) is 0. The Hall–Kier alpha value is -1.60. The molecule has 1 aliphatic heterocycles. The Morgan fingerprint density at radius 2 is 2.37 bits per heavy atom. The summed E-state index contributed by atoms with van der Waals surface area (Å²) in [6.45, 7) is 0.767. The molecular formula is C12H13NO5S. The van der Waals surface area contributed by atoms with Gasteiger partial charge in [-0.2, -0.15) is 0 Å². The van der Waals surface area contributed by atoms with Crippen LogP contribution in [0.25, 0.3) is 0 Å². The molecule has 1 saturated heterocycles. The van der Waals surface area contributed by atoms with Crippen LogP contribution in [0.3, 0.4) is 0 Å². The summed E-state index contributed by atoms with van der Waals surface area (Å²) in [6.07, 6.45) is 2.23. The van der Waals surface area contributed by atoms with Crippen LogP contribution in [0.5, 0.6) is 0 Å². The second kappa shape index (κ2) is 6.03. The van der Waals surface area contributed by atoms with E-state index in [1.807, 2.05) is 0 Å². The quantitative estimate of drug-likeness (QED) is 0.507. The Bertz CT molecular complexity index is 499. The molecule has 0 spiro atoms. The summed E-state index contributed by atoms with van der Waals surface area (Å²) in [4.78, 5) is 21.7. The molecule has 0 amide bonds. The highest BCUT2D eigenvalue weighted by molar-refractivity contribution is 7.99. The smallest absolute Gasteiger partial charge is 0.342 e. The van der Waals surface area contributed by atoms with Crippen LogP contribution in [0, 0.1) is 10.1 Å². The van der Waals surface area contributed by atoms with Gasteiger partial charge in [0.1, 0.15) is 5.56 Å². The number of thioether (sulfide) groups is 1. The molecule has 102 valence electrons. The number of nitrogens with zero attached hydrogens (tertiary/aromatic N) is 1. The molecule has 6 nitrogen and oxygen atoms in total. The van der Waals surface area contributed by atoms with Crippen molar-refractivity contribution in [2.45, 2.75) is 23.8 Å².